The molecule has 6 heteroatoms. The number of hydrogen-bond acceptors (Lipinski definition) is 4. The highest BCUT2D eigenvalue weighted by Gasteiger charge is 2.40. The van der Waals surface area contributed by atoms with Crippen molar-refractivity contribution in [1.29, 1.82) is 0 Å². The van der Waals surface area contributed by atoms with Gasteiger partial charge in [-0.1, -0.05) is 47.7 Å². The fourth-order valence-electron chi connectivity index (χ4n) is 2.62. The van der Waals surface area contributed by atoms with Crippen LogP contribution in [0, 0.1) is 13.8 Å². The van der Waals surface area contributed by atoms with Crippen molar-refractivity contribution < 1.29 is 9.59 Å². The second-order valence-electron chi connectivity index (χ2n) is 5.97. The van der Waals surface area contributed by atoms with Gasteiger partial charge in [0, 0.05) is 6.42 Å². The molecule has 2 aromatic carbocycles. The maximum absolute atomic E-state index is 12.9. The van der Waals surface area contributed by atoms with Gasteiger partial charge in [-0.05, 0) is 37.6 Å². The van der Waals surface area contributed by atoms with Gasteiger partial charge in [0.1, 0.15) is 5.25 Å². The molecule has 2 aromatic rings. The zero-order valence-electron chi connectivity index (χ0n) is 14.1. The zero-order chi connectivity index (χ0) is 18.0. The highest BCUT2D eigenvalue weighted by atomic mass is 32.2. The van der Waals surface area contributed by atoms with E-state index in [9.17, 15) is 9.59 Å². The number of nitrogens with zero attached hydrogens (tertiary/aromatic N) is 2. The summed E-state index contributed by atoms with van der Waals surface area (Å²) in [6.07, 6.45) is -0.00119. The maximum atomic E-state index is 12.9. The summed E-state index contributed by atoms with van der Waals surface area (Å²) in [5.41, 5.74) is 8.95. The number of anilines is 1. The normalized spacial score (nSPS) is 18.8. The van der Waals surface area contributed by atoms with Gasteiger partial charge in [0.15, 0.2) is 5.17 Å². The van der Waals surface area contributed by atoms with E-state index in [1.54, 1.807) is 4.90 Å². The van der Waals surface area contributed by atoms with Crippen molar-refractivity contribution in [2.75, 3.05) is 4.90 Å². The second-order valence-corrected chi connectivity index (χ2v) is 7.14. The Bertz CT molecular complexity index is 846. The standard InChI is InChI=1S/C19H19N3O2S/c1-12-7-9-14(10-8-12)21-19-22(15-6-4-3-5-13(15)2)18(24)16(25-19)11-17(20)23/h3-10,16H,11H2,1-2H3,(H2,20,23). The molecular formula is C19H19N3O2S. The first-order valence-electron chi connectivity index (χ1n) is 7.95. The molecule has 3 rings (SSSR count). The number of thioether (sulfide) groups is 1. The van der Waals surface area contributed by atoms with Crippen molar-refractivity contribution in [2.45, 2.75) is 25.5 Å². The van der Waals surface area contributed by atoms with Gasteiger partial charge in [0.2, 0.25) is 11.8 Å². The number of amides is 2. The summed E-state index contributed by atoms with van der Waals surface area (Å²) in [5.74, 6) is -0.656. The van der Waals surface area contributed by atoms with Crippen LogP contribution < -0.4 is 10.6 Å². The summed E-state index contributed by atoms with van der Waals surface area (Å²) in [4.78, 5) is 30.4. The minimum Gasteiger partial charge on any atom is -0.370 e. The molecular weight excluding hydrogens is 334 g/mol. The van der Waals surface area contributed by atoms with Crippen LogP contribution in [0.1, 0.15) is 17.5 Å². The third-order valence-electron chi connectivity index (χ3n) is 3.94. The molecule has 5 nitrogen and oxygen atoms in total. The highest BCUT2D eigenvalue weighted by Crippen LogP contribution is 2.36. The van der Waals surface area contributed by atoms with E-state index < -0.39 is 11.2 Å². The zero-order valence-corrected chi connectivity index (χ0v) is 14.9. The SMILES string of the molecule is Cc1ccc(N=C2SC(CC(N)=O)C(=O)N2c2ccccc2C)cc1. The molecule has 0 radical (unpaired) electrons. The maximum Gasteiger partial charge on any atom is 0.247 e. The topological polar surface area (TPSA) is 75.8 Å². The largest absolute Gasteiger partial charge is 0.370 e. The van der Waals surface area contributed by atoms with E-state index in [0.29, 0.717) is 5.17 Å². The fourth-order valence-corrected chi connectivity index (χ4v) is 3.78. The lowest BCUT2D eigenvalue weighted by Gasteiger charge is -2.18. The van der Waals surface area contributed by atoms with E-state index in [1.165, 1.54) is 11.8 Å². The Morgan fingerprint density at radius 2 is 1.84 bits per heavy atom. The number of hydrogen-bond donors (Lipinski definition) is 1. The third-order valence-corrected chi connectivity index (χ3v) is 5.07. The van der Waals surface area contributed by atoms with Crippen LogP contribution in [0.25, 0.3) is 0 Å². The number of benzene rings is 2. The van der Waals surface area contributed by atoms with Gasteiger partial charge in [-0.3, -0.25) is 14.5 Å². The molecule has 1 saturated heterocycles. The van der Waals surface area contributed by atoms with Crippen LogP contribution in [0.15, 0.2) is 53.5 Å². The van der Waals surface area contributed by atoms with E-state index in [2.05, 4.69) is 4.99 Å². The average Bonchev–Trinajstić information content (AvgIpc) is 2.85. The first-order chi connectivity index (χ1) is 12.0. The van der Waals surface area contributed by atoms with Gasteiger partial charge in [0.25, 0.3) is 0 Å². The molecule has 0 aliphatic carbocycles. The first-order valence-corrected chi connectivity index (χ1v) is 8.83. The summed E-state index contributed by atoms with van der Waals surface area (Å²) in [5, 5.41) is 0.0238. The molecule has 1 fully saturated rings. The smallest absolute Gasteiger partial charge is 0.247 e. The van der Waals surface area contributed by atoms with Gasteiger partial charge >= 0.3 is 0 Å². The molecule has 0 spiro atoms. The molecule has 128 valence electrons. The lowest BCUT2D eigenvalue weighted by atomic mass is 10.1. The molecule has 1 aliphatic heterocycles. The molecule has 1 aliphatic rings. The number of nitrogens with two attached hydrogens (primary N) is 1. The van der Waals surface area contributed by atoms with Crippen LogP contribution in [-0.4, -0.2) is 22.2 Å². The lowest BCUT2D eigenvalue weighted by molar-refractivity contribution is -0.122. The lowest BCUT2D eigenvalue weighted by Crippen LogP contribution is -2.34. The van der Waals surface area contributed by atoms with E-state index in [1.807, 2.05) is 62.4 Å². The highest BCUT2D eigenvalue weighted by molar-refractivity contribution is 8.16. The van der Waals surface area contributed by atoms with Gasteiger partial charge < -0.3 is 5.73 Å². The number of amidine groups is 1. The van der Waals surface area contributed by atoms with Crippen LogP contribution >= 0.6 is 11.8 Å². The van der Waals surface area contributed by atoms with Crippen LogP contribution in [-0.2, 0) is 9.59 Å². The fraction of sp³-hybridized carbons (Fsp3) is 0.211. The van der Waals surface area contributed by atoms with Gasteiger partial charge in [0.05, 0.1) is 11.4 Å². The quantitative estimate of drug-likeness (QED) is 0.916. The van der Waals surface area contributed by atoms with Crippen molar-refractivity contribution >= 4 is 40.1 Å². The summed E-state index contributed by atoms with van der Waals surface area (Å²) >= 11 is 1.28. The third kappa shape index (κ3) is 3.74. The molecule has 1 heterocycles. The monoisotopic (exact) mass is 353 g/mol. The first kappa shape index (κ1) is 17.2. The van der Waals surface area contributed by atoms with Crippen molar-refractivity contribution in [3.63, 3.8) is 0 Å². The summed E-state index contributed by atoms with van der Waals surface area (Å²) < 4.78 is 0. The number of primary amides is 1. The second kappa shape index (κ2) is 7.11. The Morgan fingerprint density at radius 1 is 1.16 bits per heavy atom. The van der Waals surface area contributed by atoms with Crippen molar-refractivity contribution in [2.24, 2.45) is 10.7 Å². The summed E-state index contributed by atoms with van der Waals surface area (Å²) in [7, 11) is 0. The van der Waals surface area contributed by atoms with Crippen molar-refractivity contribution in [3.05, 3.63) is 59.7 Å². The van der Waals surface area contributed by atoms with E-state index in [4.69, 9.17) is 5.73 Å². The van der Waals surface area contributed by atoms with Gasteiger partial charge in [-0.25, -0.2) is 4.99 Å². The van der Waals surface area contributed by atoms with Crippen LogP contribution in [0.2, 0.25) is 0 Å². The van der Waals surface area contributed by atoms with E-state index >= 15 is 0 Å². The summed E-state index contributed by atoms with van der Waals surface area (Å²) in [6.45, 7) is 3.95. The molecule has 25 heavy (non-hydrogen) atoms. The van der Waals surface area contributed by atoms with Crippen molar-refractivity contribution in [1.82, 2.24) is 0 Å². The molecule has 1 atom stereocenters. The Balaban J connectivity index is 2.03. The number of aliphatic imine (C=N–C) groups is 1. The minimum absolute atomic E-state index is 0.00119. The number of para-hydroxylation sites is 1. The van der Waals surface area contributed by atoms with Crippen LogP contribution in [0.4, 0.5) is 11.4 Å². The Labute approximate surface area is 150 Å². The Morgan fingerprint density at radius 3 is 2.48 bits per heavy atom. The van der Waals surface area contributed by atoms with Gasteiger partial charge in [-0.15, -0.1) is 0 Å². The summed E-state index contributed by atoms with van der Waals surface area (Å²) in [6, 6.07) is 15.4. The molecule has 2 N–H and O–H groups in total. The molecule has 1 unspecified atom stereocenters. The van der Waals surface area contributed by atoms with Crippen LogP contribution in [0.3, 0.4) is 0 Å². The number of carbonyl (C=O) groups excluding carboxylic acids is 2. The Kier molecular flexibility index (Phi) is 4.90. The number of carbonyl (C=O) groups is 2. The van der Waals surface area contributed by atoms with E-state index in [0.717, 1.165) is 22.5 Å². The Hall–Kier alpha value is -2.60. The van der Waals surface area contributed by atoms with Crippen molar-refractivity contribution in [3.8, 4) is 0 Å². The molecule has 0 aromatic heterocycles. The van der Waals surface area contributed by atoms with E-state index in [-0.39, 0.29) is 12.3 Å². The van der Waals surface area contributed by atoms with Gasteiger partial charge in [-0.2, -0.15) is 0 Å². The average molecular weight is 353 g/mol. The number of aryl methyl sites for hydroxylation is 2. The molecule has 2 amide bonds. The molecule has 0 bridgehead atoms. The molecule has 0 saturated carbocycles. The predicted octanol–water partition coefficient (Wildman–Crippen LogP) is 3.31. The van der Waals surface area contributed by atoms with Crippen LogP contribution in [0.5, 0.6) is 0 Å². The predicted molar refractivity (Wildman–Crippen MR) is 102 cm³/mol. The minimum atomic E-state index is -0.540. The number of rotatable bonds is 4.